The largest absolute Gasteiger partial charge is 0.497 e. The molecule has 5 heteroatoms. The molecule has 1 N–H and O–H groups in total. The number of alkyl halides is 2. The minimum Gasteiger partial charge on any atom is -0.497 e. The average Bonchev–Trinajstić information content (AvgIpc) is 2.33. The molecule has 0 aliphatic carbocycles. The standard InChI is InChI=1S/C14H21F2NO2/c1-14(2,3)17-8-10-7-11(18-4)5-6-12(10)19-9-13(15)16/h5-7,13,17H,8-9H2,1-4H3. The Bertz CT molecular complexity index is 403. The molecule has 0 amide bonds. The monoisotopic (exact) mass is 273 g/mol. The molecule has 19 heavy (non-hydrogen) atoms. The highest BCUT2D eigenvalue weighted by atomic mass is 19.3. The number of benzene rings is 1. The van der Waals surface area contributed by atoms with Crippen molar-refractivity contribution in [2.24, 2.45) is 0 Å². The number of nitrogens with one attached hydrogen (secondary N) is 1. The van der Waals surface area contributed by atoms with E-state index in [2.05, 4.69) is 5.32 Å². The fourth-order valence-corrected chi connectivity index (χ4v) is 1.47. The van der Waals surface area contributed by atoms with Gasteiger partial charge < -0.3 is 14.8 Å². The third-order valence-electron chi connectivity index (χ3n) is 2.44. The van der Waals surface area contributed by atoms with Gasteiger partial charge in [0.1, 0.15) is 18.1 Å². The summed E-state index contributed by atoms with van der Waals surface area (Å²) in [4.78, 5) is 0. The first kappa shape index (κ1) is 15.7. The SMILES string of the molecule is COc1ccc(OCC(F)F)c(CNC(C)(C)C)c1. The van der Waals surface area contributed by atoms with Crippen LogP contribution >= 0.6 is 0 Å². The first-order valence-corrected chi connectivity index (χ1v) is 6.14. The predicted molar refractivity (Wildman–Crippen MR) is 71.1 cm³/mol. The fourth-order valence-electron chi connectivity index (χ4n) is 1.47. The van der Waals surface area contributed by atoms with Crippen LogP contribution in [0.2, 0.25) is 0 Å². The molecule has 0 fully saturated rings. The van der Waals surface area contributed by atoms with Gasteiger partial charge in [0.2, 0.25) is 0 Å². The lowest BCUT2D eigenvalue weighted by Gasteiger charge is -2.22. The van der Waals surface area contributed by atoms with Gasteiger partial charge in [0.25, 0.3) is 6.43 Å². The van der Waals surface area contributed by atoms with Crippen molar-refractivity contribution in [3.8, 4) is 11.5 Å². The Hall–Kier alpha value is -1.36. The van der Waals surface area contributed by atoms with E-state index >= 15 is 0 Å². The van der Waals surface area contributed by atoms with Crippen LogP contribution in [0.1, 0.15) is 26.3 Å². The molecule has 1 aromatic rings. The van der Waals surface area contributed by atoms with Crippen LogP contribution in [-0.2, 0) is 6.54 Å². The first-order valence-electron chi connectivity index (χ1n) is 6.14. The Morgan fingerprint density at radius 1 is 1.26 bits per heavy atom. The third-order valence-corrected chi connectivity index (χ3v) is 2.44. The van der Waals surface area contributed by atoms with Gasteiger partial charge in [0, 0.05) is 17.6 Å². The molecule has 108 valence electrons. The summed E-state index contributed by atoms with van der Waals surface area (Å²) in [6.07, 6.45) is -2.48. The van der Waals surface area contributed by atoms with Crippen LogP contribution in [-0.4, -0.2) is 25.7 Å². The van der Waals surface area contributed by atoms with E-state index in [9.17, 15) is 8.78 Å². The van der Waals surface area contributed by atoms with E-state index in [4.69, 9.17) is 9.47 Å². The van der Waals surface area contributed by atoms with Gasteiger partial charge in [-0.05, 0) is 39.0 Å². The molecule has 0 aromatic heterocycles. The molecule has 0 saturated heterocycles. The number of hydrogen-bond donors (Lipinski definition) is 1. The molecule has 0 bridgehead atoms. The highest BCUT2D eigenvalue weighted by molar-refractivity contribution is 5.40. The number of methoxy groups -OCH3 is 1. The second-order valence-electron chi connectivity index (χ2n) is 5.28. The fraction of sp³-hybridized carbons (Fsp3) is 0.571. The molecular weight excluding hydrogens is 252 g/mol. The molecule has 0 radical (unpaired) electrons. The smallest absolute Gasteiger partial charge is 0.272 e. The molecule has 0 heterocycles. The van der Waals surface area contributed by atoms with Crippen molar-refractivity contribution < 1.29 is 18.3 Å². The Kier molecular flexibility index (Phi) is 5.54. The van der Waals surface area contributed by atoms with Gasteiger partial charge in [0.15, 0.2) is 0 Å². The van der Waals surface area contributed by atoms with Crippen LogP contribution in [0.5, 0.6) is 11.5 Å². The van der Waals surface area contributed by atoms with E-state index < -0.39 is 13.0 Å². The van der Waals surface area contributed by atoms with Gasteiger partial charge in [0.05, 0.1) is 7.11 Å². The summed E-state index contributed by atoms with van der Waals surface area (Å²) in [6, 6.07) is 5.14. The molecule has 1 rings (SSSR count). The maximum atomic E-state index is 12.2. The van der Waals surface area contributed by atoms with Crippen LogP contribution in [0.15, 0.2) is 18.2 Å². The molecule has 3 nitrogen and oxygen atoms in total. The van der Waals surface area contributed by atoms with Gasteiger partial charge in [-0.2, -0.15) is 0 Å². The van der Waals surface area contributed by atoms with Crippen molar-refractivity contribution in [1.29, 1.82) is 0 Å². The zero-order valence-corrected chi connectivity index (χ0v) is 11.8. The topological polar surface area (TPSA) is 30.5 Å². The number of rotatable bonds is 6. The van der Waals surface area contributed by atoms with Crippen molar-refractivity contribution in [3.63, 3.8) is 0 Å². The van der Waals surface area contributed by atoms with Crippen molar-refractivity contribution in [2.75, 3.05) is 13.7 Å². The summed E-state index contributed by atoms with van der Waals surface area (Å²) in [6.45, 7) is 6.03. The van der Waals surface area contributed by atoms with Gasteiger partial charge in [-0.3, -0.25) is 0 Å². The van der Waals surface area contributed by atoms with E-state index in [0.717, 1.165) is 5.56 Å². The second kappa shape index (κ2) is 6.70. The van der Waals surface area contributed by atoms with Crippen LogP contribution in [0.4, 0.5) is 8.78 Å². The number of halogens is 2. The predicted octanol–water partition coefficient (Wildman–Crippen LogP) is 3.23. The molecule has 0 unspecified atom stereocenters. The van der Waals surface area contributed by atoms with E-state index in [0.29, 0.717) is 18.0 Å². The molecule has 0 spiro atoms. The van der Waals surface area contributed by atoms with E-state index in [-0.39, 0.29) is 5.54 Å². The number of hydrogen-bond acceptors (Lipinski definition) is 3. The first-order chi connectivity index (χ1) is 8.81. The van der Waals surface area contributed by atoms with E-state index in [1.807, 2.05) is 20.8 Å². The van der Waals surface area contributed by atoms with Crippen LogP contribution < -0.4 is 14.8 Å². The molecule has 0 saturated carbocycles. The Labute approximate surface area is 112 Å². The summed E-state index contributed by atoms with van der Waals surface area (Å²) in [5, 5.41) is 3.29. The lowest BCUT2D eigenvalue weighted by atomic mass is 10.1. The van der Waals surface area contributed by atoms with E-state index in [1.165, 1.54) is 0 Å². The van der Waals surface area contributed by atoms with Gasteiger partial charge in [-0.25, -0.2) is 8.78 Å². The van der Waals surface area contributed by atoms with Crippen molar-refractivity contribution in [3.05, 3.63) is 23.8 Å². The van der Waals surface area contributed by atoms with Crippen LogP contribution in [0, 0.1) is 0 Å². The van der Waals surface area contributed by atoms with Crippen LogP contribution in [0.25, 0.3) is 0 Å². The lowest BCUT2D eigenvalue weighted by molar-refractivity contribution is 0.0813. The lowest BCUT2D eigenvalue weighted by Crippen LogP contribution is -2.35. The summed E-state index contributed by atoms with van der Waals surface area (Å²) >= 11 is 0. The molecule has 0 atom stereocenters. The van der Waals surface area contributed by atoms with Gasteiger partial charge in [-0.15, -0.1) is 0 Å². The van der Waals surface area contributed by atoms with Crippen molar-refractivity contribution >= 4 is 0 Å². The second-order valence-corrected chi connectivity index (χ2v) is 5.28. The Balaban J connectivity index is 2.83. The third kappa shape index (κ3) is 5.87. The summed E-state index contributed by atoms with van der Waals surface area (Å²) in [5.74, 6) is 1.13. The van der Waals surface area contributed by atoms with Gasteiger partial charge >= 0.3 is 0 Å². The molecule has 0 aliphatic rings. The minimum atomic E-state index is -2.48. The maximum Gasteiger partial charge on any atom is 0.272 e. The zero-order valence-electron chi connectivity index (χ0n) is 11.8. The molecule has 0 aliphatic heterocycles. The summed E-state index contributed by atoms with van der Waals surface area (Å²) in [7, 11) is 1.57. The van der Waals surface area contributed by atoms with Crippen molar-refractivity contribution in [1.82, 2.24) is 5.32 Å². The highest BCUT2D eigenvalue weighted by Crippen LogP contribution is 2.25. The van der Waals surface area contributed by atoms with Crippen molar-refractivity contribution in [2.45, 2.75) is 39.3 Å². The average molecular weight is 273 g/mol. The van der Waals surface area contributed by atoms with Crippen LogP contribution in [0.3, 0.4) is 0 Å². The quantitative estimate of drug-likeness (QED) is 0.863. The van der Waals surface area contributed by atoms with Gasteiger partial charge in [-0.1, -0.05) is 0 Å². The Morgan fingerprint density at radius 3 is 2.47 bits per heavy atom. The highest BCUT2D eigenvalue weighted by Gasteiger charge is 2.13. The number of ether oxygens (including phenoxy) is 2. The summed E-state index contributed by atoms with van der Waals surface area (Å²) in [5.41, 5.74) is 0.734. The summed E-state index contributed by atoms with van der Waals surface area (Å²) < 4.78 is 34.7. The zero-order chi connectivity index (χ0) is 14.5. The van der Waals surface area contributed by atoms with E-state index in [1.54, 1.807) is 25.3 Å². The Morgan fingerprint density at radius 2 is 1.95 bits per heavy atom. The molecule has 1 aromatic carbocycles. The maximum absolute atomic E-state index is 12.2. The molecular formula is C14H21F2NO2. The normalized spacial score (nSPS) is 11.7. The minimum absolute atomic E-state index is 0.0664.